The van der Waals surface area contributed by atoms with E-state index in [9.17, 15) is 5.11 Å². The van der Waals surface area contributed by atoms with Crippen molar-refractivity contribution in [2.75, 3.05) is 0 Å². The first-order chi connectivity index (χ1) is 13.8. The fourth-order valence-corrected chi connectivity index (χ4v) is 9.07. The first kappa shape index (κ1) is 22.6. The summed E-state index contributed by atoms with van der Waals surface area (Å²) in [5.74, 6) is 5.65. The molecule has 0 radical (unpaired) electrons. The zero-order chi connectivity index (χ0) is 22.1. The van der Waals surface area contributed by atoms with Crippen LogP contribution in [0.1, 0.15) is 79.6 Å². The Kier molecular flexibility index (Phi) is 5.45. The van der Waals surface area contributed by atoms with Gasteiger partial charge < -0.3 is 9.53 Å². The standard InChI is InChI=1S/C27H44O2Si/c1-9-27(28)17-18(2)24-21-11-10-19-16-20(29-30(7,8)25(3,4)5)14-15-26(19,6)22(21)12-13-23(24)27/h1,10,18,20-24,28H,11-17H2,2-8H3/t18?,20-,21?,22?,23-,24?,26-,27?/m0/s1. The van der Waals surface area contributed by atoms with Crippen molar-refractivity contribution in [1.82, 2.24) is 0 Å². The second-order valence-electron chi connectivity index (χ2n) is 12.9. The second-order valence-corrected chi connectivity index (χ2v) is 17.7. The van der Waals surface area contributed by atoms with Crippen molar-refractivity contribution in [2.24, 2.45) is 35.0 Å². The minimum Gasteiger partial charge on any atom is -0.414 e. The first-order valence-corrected chi connectivity index (χ1v) is 15.3. The van der Waals surface area contributed by atoms with Gasteiger partial charge in [-0.2, -0.15) is 0 Å². The number of fused-ring (bicyclic) bond motifs is 5. The molecule has 0 amide bonds. The van der Waals surface area contributed by atoms with Crippen molar-refractivity contribution in [3.05, 3.63) is 11.6 Å². The molecule has 0 saturated heterocycles. The molecule has 0 spiro atoms. The van der Waals surface area contributed by atoms with E-state index in [4.69, 9.17) is 10.8 Å². The van der Waals surface area contributed by atoms with Gasteiger partial charge in [0.15, 0.2) is 8.32 Å². The predicted molar refractivity (Wildman–Crippen MR) is 127 cm³/mol. The third-order valence-electron chi connectivity index (χ3n) is 10.3. The summed E-state index contributed by atoms with van der Waals surface area (Å²) >= 11 is 0. The Morgan fingerprint density at radius 2 is 1.87 bits per heavy atom. The molecule has 1 N–H and O–H groups in total. The largest absolute Gasteiger partial charge is 0.414 e. The van der Waals surface area contributed by atoms with Gasteiger partial charge in [0.05, 0.1) is 0 Å². The number of rotatable bonds is 2. The van der Waals surface area contributed by atoms with Crippen LogP contribution in [0.2, 0.25) is 18.1 Å². The van der Waals surface area contributed by atoms with Crippen molar-refractivity contribution in [2.45, 2.75) is 109 Å². The number of hydrogen-bond donors (Lipinski definition) is 1. The van der Waals surface area contributed by atoms with Gasteiger partial charge in [-0.05, 0) is 92.2 Å². The Morgan fingerprint density at radius 1 is 1.20 bits per heavy atom. The molecule has 0 aliphatic heterocycles. The molecule has 4 aliphatic rings. The summed E-state index contributed by atoms with van der Waals surface area (Å²) in [6.45, 7) is 16.7. The van der Waals surface area contributed by atoms with Gasteiger partial charge in [0.2, 0.25) is 0 Å². The molecule has 3 fully saturated rings. The molecule has 8 atom stereocenters. The monoisotopic (exact) mass is 428 g/mol. The second kappa shape index (κ2) is 7.22. The van der Waals surface area contributed by atoms with E-state index in [0.29, 0.717) is 35.2 Å². The Bertz CT molecular complexity index is 756. The Labute approximate surface area is 186 Å². The molecule has 0 bridgehead atoms. The lowest BCUT2D eigenvalue weighted by molar-refractivity contribution is -0.0449. The van der Waals surface area contributed by atoms with E-state index in [2.05, 4.69) is 59.7 Å². The fraction of sp³-hybridized carbons (Fsp3) is 0.852. The summed E-state index contributed by atoms with van der Waals surface area (Å²) in [6.07, 6.45) is 16.7. The van der Waals surface area contributed by atoms with Crippen molar-refractivity contribution >= 4 is 8.32 Å². The summed E-state index contributed by atoms with van der Waals surface area (Å²) in [7, 11) is -1.73. The topological polar surface area (TPSA) is 29.5 Å². The third-order valence-corrected chi connectivity index (χ3v) is 14.8. The van der Waals surface area contributed by atoms with Crippen molar-refractivity contribution in [1.29, 1.82) is 0 Å². The highest BCUT2D eigenvalue weighted by atomic mass is 28.4. The Balaban J connectivity index is 1.55. The van der Waals surface area contributed by atoms with Crippen molar-refractivity contribution in [3.8, 4) is 12.3 Å². The van der Waals surface area contributed by atoms with Crippen LogP contribution in [-0.2, 0) is 4.43 Å². The average molecular weight is 429 g/mol. The highest BCUT2D eigenvalue weighted by Gasteiger charge is 2.60. The van der Waals surface area contributed by atoms with E-state index >= 15 is 0 Å². The van der Waals surface area contributed by atoms with Gasteiger partial charge in [0.1, 0.15) is 5.60 Å². The van der Waals surface area contributed by atoms with E-state index in [-0.39, 0.29) is 5.04 Å². The minimum absolute atomic E-state index is 0.268. The smallest absolute Gasteiger partial charge is 0.192 e. The van der Waals surface area contributed by atoms with E-state index in [1.807, 2.05) is 0 Å². The maximum atomic E-state index is 11.1. The number of aliphatic hydroxyl groups is 1. The van der Waals surface area contributed by atoms with Crippen molar-refractivity contribution in [3.63, 3.8) is 0 Å². The molecule has 0 heterocycles. The molecular formula is C27H44O2Si. The fourth-order valence-electron chi connectivity index (χ4n) is 7.68. The maximum Gasteiger partial charge on any atom is 0.192 e. The lowest BCUT2D eigenvalue weighted by Gasteiger charge is -2.56. The van der Waals surface area contributed by atoms with Gasteiger partial charge in [-0.1, -0.05) is 52.2 Å². The average Bonchev–Trinajstić information content (AvgIpc) is 2.92. The normalized spacial score (nSPS) is 46.3. The Morgan fingerprint density at radius 3 is 2.50 bits per heavy atom. The van der Waals surface area contributed by atoms with E-state index in [1.54, 1.807) is 5.57 Å². The molecule has 2 nitrogen and oxygen atoms in total. The molecule has 0 aromatic rings. The van der Waals surface area contributed by atoms with Gasteiger partial charge in [0.25, 0.3) is 0 Å². The van der Waals surface area contributed by atoms with Crippen LogP contribution in [0.25, 0.3) is 0 Å². The van der Waals surface area contributed by atoms with Crippen LogP contribution in [0, 0.1) is 47.3 Å². The highest BCUT2D eigenvalue weighted by molar-refractivity contribution is 6.74. The number of terminal acetylenes is 1. The lowest BCUT2D eigenvalue weighted by atomic mass is 9.49. The summed E-state index contributed by atoms with van der Waals surface area (Å²) in [5, 5.41) is 11.4. The number of hydrogen-bond acceptors (Lipinski definition) is 2. The molecule has 4 aliphatic carbocycles. The van der Waals surface area contributed by atoms with Crippen molar-refractivity contribution < 1.29 is 9.53 Å². The summed E-state index contributed by atoms with van der Waals surface area (Å²) in [5.41, 5.74) is 1.13. The Hall–Kier alpha value is -0.563. The molecule has 0 aromatic carbocycles. The molecular weight excluding hydrogens is 384 g/mol. The predicted octanol–water partition coefficient (Wildman–Crippen LogP) is 6.56. The van der Waals surface area contributed by atoms with Gasteiger partial charge >= 0.3 is 0 Å². The van der Waals surface area contributed by atoms with Crippen LogP contribution < -0.4 is 0 Å². The highest BCUT2D eigenvalue weighted by Crippen LogP contribution is 2.64. The van der Waals surface area contributed by atoms with E-state index < -0.39 is 13.9 Å². The number of allylic oxidation sites excluding steroid dienone is 1. The molecule has 0 aromatic heterocycles. The minimum atomic E-state index is -1.73. The SMILES string of the molecule is C#CC1(O)CC(C)C2C3CC=C4C[C@@H](O[Si](C)(C)C(C)(C)C)CC[C@]4(C)C3CC[C@@H]21. The third kappa shape index (κ3) is 3.37. The summed E-state index contributed by atoms with van der Waals surface area (Å²) in [4.78, 5) is 0. The lowest BCUT2D eigenvalue weighted by Crippen LogP contribution is -2.51. The molecule has 30 heavy (non-hydrogen) atoms. The van der Waals surface area contributed by atoms with Gasteiger partial charge in [-0.3, -0.25) is 0 Å². The molecule has 3 saturated carbocycles. The van der Waals surface area contributed by atoms with Crippen LogP contribution in [0.15, 0.2) is 11.6 Å². The molecule has 4 rings (SSSR count). The van der Waals surface area contributed by atoms with E-state index in [1.165, 1.54) is 25.7 Å². The first-order valence-electron chi connectivity index (χ1n) is 12.4. The zero-order valence-corrected chi connectivity index (χ0v) is 21.4. The van der Waals surface area contributed by atoms with Crippen LogP contribution in [-0.4, -0.2) is 25.1 Å². The van der Waals surface area contributed by atoms with Gasteiger partial charge in [-0.15, -0.1) is 6.42 Å². The van der Waals surface area contributed by atoms with Crippen LogP contribution in [0.4, 0.5) is 0 Å². The molecule has 5 unspecified atom stereocenters. The molecule has 168 valence electrons. The molecule has 3 heteroatoms. The van der Waals surface area contributed by atoms with E-state index in [0.717, 1.165) is 25.2 Å². The quantitative estimate of drug-likeness (QED) is 0.306. The maximum absolute atomic E-state index is 11.1. The summed E-state index contributed by atoms with van der Waals surface area (Å²) < 4.78 is 6.84. The van der Waals surface area contributed by atoms with Crippen LogP contribution in [0.3, 0.4) is 0 Å². The van der Waals surface area contributed by atoms with Crippen LogP contribution >= 0.6 is 0 Å². The van der Waals surface area contributed by atoms with Gasteiger partial charge in [0, 0.05) is 12.0 Å². The summed E-state index contributed by atoms with van der Waals surface area (Å²) in [6, 6.07) is 0. The van der Waals surface area contributed by atoms with Gasteiger partial charge in [-0.25, -0.2) is 0 Å². The van der Waals surface area contributed by atoms with Crippen LogP contribution in [0.5, 0.6) is 0 Å². The zero-order valence-electron chi connectivity index (χ0n) is 20.4.